The number of carbonyl (C=O) groups excluding carboxylic acids is 1. The molecule has 0 radical (unpaired) electrons. The van der Waals surface area contributed by atoms with Gasteiger partial charge in [0.25, 0.3) is 0 Å². The molecule has 0 atom stereocenters. The second kappa shape index (κ2) is 7.72. The summed E-state index contributed by atoms with van der Waals surface area (Å²) < 4.78 is 11.1. The first-order valence-corrected chi connectivity index (χ1v) is 9.29. The number of rotatable bonds is 3. The second-order valence-electron chi connectivity index (χ2n) is 6.83. The van der Waals surface area contributed by atoms with Crippen LogP contribution in [0.15, 0.2) is 24.3 Å². The van der Waals surface area contributed by atoms with Gasteiger partial charge >= 0.3 is 0 Å². The number of hydrogen-bond acceptors (Lipinski definition) is 7. The van der Waals surface area contributed by atoms with Crippen molar-refractivity contribution in [3.05, 3.63) is 41.2 Å². The van der Waals surface area contributed by atoms with Crippen LogP contribution < -0.4 is 14.4 Å². The molecule has 0 spiro atoms. The van der Waals surface area contributed by atoms with Crippen molar-refractivity contribution in [3.63, 3.8) is 0 Å². The average Bonchev–Trinajstić information content (AvgIpc) is 2.73. The van der Waals surface area contributed by atoms with Gasteiger partial charge in [0.05, 0.1) is 6.42 Å². The van der Waals surface area contributed by atoms with Crippen LogP contribution in [0.1, 0.15) is 17.0 Å². The minimum absolute atomic E-state index is 0.0826. The third kappa shape index (κ3) is 3.83. The van der Waals surface area contributed by atoms with Gasteiger partial charge in [0.2, 0.25) is 11.9 Å². The molecule has 3 heterocycles. The molecule has 4 rings (SSSR count). The predicted octanol–water partition coefficient (Wildman–Crippen LogP) is 1.32. The van der Waals surface area contributed by atoms with E-state index in [1.807, 2.05) is 34.9 Å². The summed E-state index contributed by atoms with van der Waals surface area (Å²) >= 11 is 0. The number of nitriles is 1. The van der Waals surface area contributed by atoms with E-state index in [0.717, 1.165) is 17.0 Å². The summed E-state index contributed by atoms with van der Waals surface area (Å²) in [5.41, 5.74) is 2.04. The Morgan fingerprint density at radius 1 is 1.11 bits per heavy atom. The fourth-order valence-corrected chi connectivity index (χ4v) is 3.39. The first-order chi connectivity index (χ1) is 13.6. The van der Waals surface area contributed by atoms with Crippen LogP contribution in [0.3, 0.4) is 0 Å². The Hall–Kier alpha value is -3.34. The lowest BCUT2D eigenvalue weighted by Gasteiger charge is -2.35. The second-order valence-corrected chi connectivity index (χ2v) is 6.83. The lowest BCUT2D eigenvalue weighted by Crippen LogP contribution is -2.49. The van der Waals surface area contributed by atoms with E-state index >= 15 is 0 Å². The Labute approximate surface area is 163 Å². The number of carbonyl (C=O) groups is 1. The molecule has 1 aromatic carbocycles. The Morgan fingerprint density at radius 2 is 1.86 bits per heavy atom. The molecule has 1 saturated heterocycles. The molecule has 0 bridgehead atoms. The maximum Gasteiger partial charge on any atom is 0.227 e. The van der Waals surface area contributed by atoms with Crippen LogP contribution in [-0.4, -0.2) is 60.2 Å². The van der Waals surface area contributed by atoms with Gasteiger partial charge in [0.1, 0.15) is 25.0 Å². The number of fused-ring (bicyclic) bond motifs is 1. The summed E-state index contributed by atoms with van der Waals surface area (Å²) in [5.74, 6) is 2.06. The highest BCUT2D eigenvalue weighted by Crippen LogP contribution is 2.31. The Morgan fingerprint density at radius 3 is 2.61 bits per heavy atom. The Kier molecular flexibility index (Phi) is 4.98. The number of benzene rings is 1. The minimum Gasteiger partial charge on any atom is -0.486 e. The van der Waals surface area contributed by atoms with Crippen LogP contribution in [0.4, 0.5) is 5.95 Å². The monoisotopic (exact) mass is 379 g/mol. The summed E-state index contributed by atoms with van der Waals surface area (Å²) in [6.07, 6.45) is 0.330. The first-order valence-electron chi connectivity index (χ1n) is 9.29. The molecule has 0 unspecified atom stereocenters. The SMILES string of the molecule is Cc1cc(C#N)nc(N2CCN(C(=O)Cc3ccc4c(c3)OCCO4)CC2)n1. The summed E-state index contributed by atoms with van der Waals surface area (Å²) in [4.78, 5) is 25.3. The van der Waals surface area contributed by atoms with Crippen LogP contribution >= 0.6 is 0 Å². The normalized spacial score (nSPS) is 15.9. The molecule has 0 aliphatic carbocycles. The van der Waals surface area contributed by atoms with Crippen molar-refractivity contribution in [2.75, 3.05) is 44.3 Å². The van der Waals surface area contributed by atoms with Crippen molar-refractivity contribution >= 4 is 11.9 Å². The Balaban J connectivity index is 1.37. The minimum atomic E-state index is 0.0826. The van der Waals surface area contributed by atoms with E-state index in [1.165, 1.54) is 0 Å². The van der Waals surface area contributed by atoms with Crippen molar-refractivity contribution in [2.45, 2.75) is 13.3 Å². The van der Waals surface area contributed by atoms with E-state index in [9.17, 15) is 4.79 Å². The third-order valence-corrected chi connectivity index (χ3v) is 4.83. The molecule has 2 aromatic rings. The van der Waals surface area contributed by atoms with Crippen LogP contribution in [0, 0.1) is 18.3 Å². The van der Waals surface area contributed by atoms with E-state index in [1.54, 1.807) is 6.07 Å². The average molecular weight is 379 g/mol. The fraction of sp³-hybridized carbons (Fsp3) is 0.400. The fourth-order valence-electron chi connectivity index (χ4n) is 3.39. The topological polar surface area (TPSA) is 91.6 Å². The van der Waals surface area contributed by atoms with Gasteiger partial charge in [0.15, 0.2) is 11.5 Å². The maximum absolute atomic E-state index is 12.7. The van der Waals surface area contributed by atoms with Gasteiger partial charge in [-0.1, -0.05) is 6.07 Å². The summed E-state index contributed by atoms with van der Waals surface area (Å²) in [5, 5.41) is 9.09. The number of ether oxygens (including phenoxy) is 2. The zero-order valence-corrected chi connectivity index (χ0v) is 15.7. The molecule has 2 aliphatic rings. The highest BCUT2D eigenvalue weighted by Gasteiger charge is 2.23. The van der Waals surface area contributed by atoms with Crippen molar-refractivity contribution in [3.8, 4) is 17.6 Å². The molecule has 8 heteroatoms. The highest BCUT2D eigenvalue weighted by atomic mass is 16.6. The molecule has 0 saturated carbocycles. The molecule has 8 nitrogen and oxygen atoms in total. The lowest BCUT2D eigenvalue weighted by atomic mass is 10.1. The van der Waals surface area contributed by atoms with Crippen LogP contribution in [0.2, 0.25) is 0 Å². The van der Waals surface area contributed by atoms with Gasteiger partial charge in [-0.25, -0.2) is 9.97 Å². The van der Waals surface area contributed by atoms with Crippen molar-refractivity contribution in [2.24, 2.45) is 0 Å². The van der Waals surface area contributed by atoms with E-state index in [2.05, 4.69) is 16.0 Å². The maximum atomic E-state index is 12.7. The van der Waals surface area contributed by atoms with Crippen LogP contribution in [0.25, 0.3) is 0 Å². The van der Waals surface area contributed by atoms with E-state index in [0.29, 0.717) is 63.2 Å². The van der Waals surface area contributed by atoms with Gasteiger partial charge in [-0.05, 0) is 30.7 Å². The molecular formula is C20H21N5O3. The van der Waals surface area contributed by atoms with E-state index in [-0.39, 0.29) is 5.91 Å². The van der Waals surface area contributed by atoms with Gasteiger partial charge in [-0.2, -0.15) is 5.26 Å². The predicted molar refractivity (Wildman–Crippen MR) is 101 cm³/mol. The zero-order chi connectivity index (χ0) is 19.5. The number of amides is 1. The molecular weight excluding hydrogens is 358 g/mol. The van der Waals surface area contributed by atoms with Gasteiger partial charge < -0.3 is 19.3 Å². The molecule has 28 heavy (non-hydrogen) atoms. The summed E-state index contributed by atoms with van der Waals surface area (Å²) in [6, 6.07) is 9.37. The lowest BCUT2D eigenvalue weighted by molar-refractivity contribution is -0.130. The largest absolute Gasteiger partial charge is 0.486 e. The summed E-state index contributed by atoms with van der Waals surface area (Å²) in [6.45, 7) is 5.41. The quantitative estimate of drug-likeness (QED) is 0.794. The zero-order valence-electron chi connectivity index (χ0n) is 15.7. The van der Waals surface area contributed by atoms with Gasteiger partial charge in [-0.3, -0.25) is 4.79 Å². The molecule has 2 aliphatic heterocycles. The van der Waals surface area contributed by atoms with Crippen molar-refractivity contribution in [1.82, 2.24) is 14.9 Å². The number of aromatic nitrogens is 2. The Bertz CT molecular complexity index is 932. The standard InChI is InChI=1S/C20H21N5O3/c1-14-10-16(13-21)23-20(22-14)25-6-4-24(5-7-25)19(26)12-15-2-3-17-18(11-15)28-9-8-27-17/h2-3,10-11H,4-9,12H2,1H3. The van der Waals surface area contributed by atoms with Crippen LogP contribution in [0.5, 0.6) is 11.5 Å². The number of piperazine rings is 1. The number of hydrogen-bond donors (Lipinski definition) is 0. The molecule has 0 N–H and O–H groups in total. The van der Waals surface area contributed by atoms with E-state index < -0.39 is 0 Å². The molecule has 1 amide bonds. The van der Waals surface area contributed by atoms with Crippen molar-refractivity contribution < 1.29 is 14.3 Å². The number of nitrogens with zero attached hydrogens (tertiary/aromatic N) is 5. The molecule has 144 valence electrons. The first kappa shape index (κ1) is 18.0. The van der Waals surface area contributed by atoms with Crippen LogP contribution in [-0.2, 0) is 11.2 Å². The van der Waals surface area contributed by atoms with E-state index in [4.69, 9.17) is 14.7 Å². The van der Waals surface area contributed by atoms with Gasteiger partial charge in [-0.15, -0.1) is 0 Å². The highest BCUT2D eigenvalue weighted by molar-refractivity contribution is 5.79. The number of aryl methyl sites for hydroxylation is 1. The number of anilines is 1. The van der Waals surface area contributed by atoms with Gasteiger partial charge in [0, 0.05) is 31.9 Å². The summed E-state index contributed by atoms with van der Waals surface area (Å²) in [7, 11) is 0. The van der Waals surface area contributed by atoms with Crippen molar-refractivity contribution in [1.29, 1.82) is 5.26 Å². The molecule has 1 aromatic heterocycles. The molecule has 1 fully saturated rings. The smallest absolute Gasteiger partial charge is 0.227 e. The third-order valence-electron chi connectivity index (χ3n) is 4.83.